The van der Waals surface area contributed by atoms with Crippen molar-refractivity contribution >= 4 is 39.7 Å². The minimum atomic E-state index is -0.473. The van der Waals surface area contributed by atoms with Gasteiger partial charge in [0.1, 0.15) is 12.9 Å². The van der Waals surface area contributed by atoms with Gasteiger partial charge in [0.25, 0.3) is 0 Å². The molecule has 0 N–H and O–H groups in total. The van der Waals surface area contributed by atoms with Gasteiger partial charge in [-0.15, -0.1) is 21.5 Å². The van der Waals surface area contributed by atoms with E-state index in [1.807, 2.05) is 32.9 Å². The smallest absolute Gasteiger partial charge is 0.340 e. The maximum absolute atomic E-state index is 12.5. The molecule has 0 aliphatic rings. The summed E-state index contributed by atoms with van der Waals surface area (Å²) in [5, 5.41) is 10.0. The van der Waals surface area contributed by atoms with E-state index in [0.717, 1.165) is 22.4 Å². The molecule has 0 saturated heterocycles. The Balaban J connectivity index is 1.52. The van der Waals surface area contributed by atoms with Gasteiger partial charge in [-0.05, 0) is 44.0 Å². The van der Waals surface area contributed by atoms with E-state index in [0.29, 0.717) is 22.0 Å². The second kappa shape index (κ2) is 8.27. The predicted octanol–water partition coefficient (Wildman–Crippen LogP) is 4.15. The summed E-state index contributed by atoms with van der Waals surface area (Å²) >= 11 is 1.33. The van der Waals surface area contributed by atoms with Gasteiger partial charge in [-0.2, -0.15) is 0 Å². The van der Waals surface area contributed by atoms with Crippen molar-refractivity contribution in [3.05, 3.63) is 70.1 Å². The van der Waals surface area contributed by atoms with Crippen molar-refractivity contribution in [2.75, 3.05) is 4.90 Å². The lowest BCUT2D eigenvalue weighted by molar-refractivity contribution is -0.115. The van der Waals surface area contributed by atoms with E-state index in [9.17, 15) is 9.59 Å². The van der Waals surface area contributed by atoms with E-state index >= 15 is 0 Å². The lowest BCUT2D eigenvalue weighted by Crippen LogP contribution is -2.24. The fourth-order valence-corrected chi connectivity index (χ4v) is 4.41. The number of nitrogens with zero attached hydrogens (tertiary/aromatic N) is 5. The Morgan fingerprint density at radius 2 is 1.90 bits per heavy atom. The monoisotopic (exact) mass is 435 g/mol. The van der Waals surface area contributed by atoms with Gasteiger partial charge in [0.2, 0.25) is 5.91 Å². The number of fused-ring (bicyclic) bond motifs is 1. The minimum absolute atomic E-state index is 0.00710. The van der Waals surface area contributed by atoms with Crippen LogP contribution >= 0.6 is 11.3 Å². The summed E-state index contributed by atoms with van der Waals surface area (Å²) in [5.74, 6) is -0.603. The zero-order valence-electron chi connectivity index (χ0n) is 17.6. The largest absolute Gasteiger partial charge is 0.456 e. The highest BCUT2D eigenvalue weighted by molar-refractivity contribution is 7.14. The number of rotatable bonds is 5. The highest BCUT2D eigenvalue weighted by Gasteiger charge is 2.22. The van der Waals surface area contributed by atoms with Crippen LogP contribution in [0.25, 0.3) is 5.65 Å². The molecular formula is C22H21N5O3S. The third-order valence-electron chi connectivity index (χ3n) is 4.78. The average Bonchev–Trinajstić information content (AvgIpc) is 3.37. The normalized spacial score (nSPS) is 11.0. The molecule has 0 unspecified atom stereocenters. The number of thiazole rings is 1. The van der Waals surface area contributed by atoms with Crippen molar-refractivity contribution in [3.63, 3.8) is 0 Å². The summed E-state index contributed by atoms with van der Waals surface area (Å²) in [4.78, 5) is 31.0. The number of carbonyl (C=O) groups is 2. The third-order valence-corrected chi connectivity index (χ3v) is 5.66. The molecule has 0 atom stereocenters. The second-order valence-corrected chi connectivity index (χ2v) is 8.15. The summed E-state index contributed by atoms with van der Waals surface area (Å²) in [6.07, 6.45) is 3.13. The maximum Gasteiger partial charge on any atom is 0.340 e. The molecule has 0 aliphatic heterocycles. The van der Waals surface area contributed by atoms with Crippen molar-refractivity contribution < 1.29 is 14.3 Å². The number of pyridine rings is 1. The molecule has 0 spiro atoms. The first kappa shape index (κ1) is 20.7. The highest BCUT2D eigenvalue weighted by Crippen LogP contribution is 2.34. The molecule has 9 heteroatoms. The fraction of sp³-hybridized carbons (Fsp3) is 0.227. The van der Waals surface area contributed by atoms with Gasteiger partial charge >= 0.3 is 5.97 Å². The van der Waals surface area contributed by atoms with Crippen LogP contribution in [-0.2, 0) is 16.1 Å². The first-order valence-corrected chi connectivity index (χ1v) is 10.5. The standard InChI is InChI=1S/C22H21N5O3S/c1-13-7-14(2)20(15(3)8-13)27(16(4)28)22-24-18(11-31-22)10-30-21(29)17-5-6-19-25-23-12-26(19)9-17/h5-9,11-12H,10H2,1-4H3. The van der Waals surface area contributed by atoms with Crippen LogP contribution in [-0.4, -0.2) is 31.5 Å². The van der Waals surface area contributed by atoms with E-state index in [-0.39, 0.29) is 12.5 Å². The number of hydrogen-bond acceptors (Lipinski definition) is 7. The molecule has 3 heterocycles. The van der Waals surface area contributed by atoms with E-state index < -0.39 is 5.97 Å². The number of anilines is 2. The van der Waals surface area contributed by atoms with E-state index in [4.69, 9.17) is 4.74 Å². The molecule has 4 rings (SSSR count). The Kier molecular flexibility index (Phi) is 5.51. The van der Waals surface area contributed by atoms with Gasteiger partial charge in [0.15, 0.2) is 10.8 Å². The maximum atomic E-state index is 12.5. The van der Waals surface area contributed by atoms with E-state index in [2.05, 4.69) is 15.2 Å². The van der Waals surface area contributed by atoms with E-state index in [1.165, 1.54) is 24.6 Å². The Morgan fingerprint density at radius 3 is 2.61 bits per heavy atom. The number of aryl methyl sites for hydroxylation is 3. The number of esters is 1. The van der Waals surface area contributed by atoms with Crippen molar-refractivity contribution in [2.45, 2.75) is 34.3 Å². The molecule has 0 aliphatic carbocycles. The summed E-state index contributed by atoms with van der Waals surface area (Å²) in [6.45, 7) is 7.51. The number of aromatic nitrogens is 4. The van der Waals surface area contributed by atoms with Gasteiger partial charge in [-0.3, -0.25) is 14.1 Å². The molecule has 0 radical (unpaired) electrons. The van der Waals surface area contributed by atoms with Gasteiger partial charge < -0.3 is 4.74 Å². The average molecular weight is 436 g/mol. The van der Waals surface area contributed by atoms with Crippen LogP contribution in [0.4, 0.5) is 10.8 Å². The van der Waals surface area contributed by atoms with Crippen molar-refractivity contribution in [2.24, 2.45) is 0 Å². The molecule has 3 aromatic heterocycles. The zero-order valence-corrected chi connectivity index (χ0v) is 18.4. The summed E-state index contributed by atoms with van der Waals surface area (Å²) < 4.78 is 7.06. The number of benzene rings is 1. The number of amides is 1. The Labute approximate surface area is 183 Å². The molecule has 1 amide bonds. The van der Waals surface area contributed by atoms with Crippen LogP contribution < -0.4 is 4.90 Å². The lowest BCUT2D eigenvalue weighted by Gasteiger charge is -2.23. The topological polar surface area (TPSA) is 89.7 Å². The summed E-state index contributed by atoms with van der Waals surface area (Å²) in [7, 11) is 0. The first-order valence-electron chi connectivity index (χ1n) is 9.63. The highest BCUT2D eigenvalue weighted by atomic mass is 32.1. The summed E-state index contributed by atoms with van der Waals surface area (Å²) in [5.41, 5.74) is 5.58. The van der Waals surface area contributed by atoms with Crippen LogP contribution in [0.2, 0.25) is 0 Å². The van der Waals surface area contributed by atoms with Gasteiger partial charge in [-0.1, -0.05) is 17.7 Å². The third kappa shape index (κ3) is 4.17. The van der Waals surface area contributed by atoms with Crippen LogP contribution in [0.15, 0.2) is 42.2 Å². The molecule has 1 aromatic carbocycles. The van der Waals surface area contributed by atoms with Crippen LogP contribution in [0.5, 0.6) is 0 Å². The molecular weight excluding hydrogens is 414 g/mol. The van der Waals surface area contributed by atoms with Crippen molar-refractivity contribution in [1.29, 1.82) is 0 Å². The molecule has 31 heavy (non-hydrogen) atoms. The Morgan fingerprint density at radius 1 is 1.16 bits per heavy atom. The van der Waals surface area contributed by atoms with Crippen molar-refractivity contribution in [3.8, 4) is 0 Å². The number of hydrogen-bond donors (Lipinski definition) is 0. The molecule has 0 bridgehead atoms. The SMILES string of the molecule is CC(=O)N(c1nc(COC(=O)c2ccc3nncn3c2)cs1)c1c(C)cc(C)cc1C. The molecule has 0 saturated carbocycles. The quantitative estimate of drug-likeness (QED) is 0.438. The Bertz CT molecular complexity index is 1270. The van der Waals surface area contributed by atoms with Gasteiger partial charge in [0.05, 0.1) is 16.9 Å². The predicted molar refractivity (Wildman–Crippen MR) is 118 cm³/mol. The fourth-order valence-electron chi connectivity index (χ4n) is 3.55. The lowest BCUT2D eigenvalue weighted by atomic mass is 10.0. The number of carbonyl (C=O) groups excluding carboxylic acids is 2. The van der Waals surface area contributed by atoms with Crippen LogP contribution in [0.1, 0.15) is 39.7 Å². The summed E-state index contributed by atoms with van der Waals surface area (Å²) in [6, 6.07) is 7.42. The molecule has 158 valence electrons. The molecule has 0 fully saturated rings. The minimum Gasteiger partial charge on any atom is -0.456 e. The van der Waals surface area contributed by atoms with Gasteiger partial charge in [-0.25, -0.2) is 9.78 Å². The number of ether oxygens (including phenoxy) is 1. The second-order valence-electron chi connectivity index (χ2n) is 7.31. The van der Waals surface area contributed by atoms with Crippen molar-refractivity contribution in [1.82, 2.24) is 19.6 Å². The van der Waals surface area contributed by atoms with Gasteiger partial charge in [0, 0.05) is 18.5 Å². The molecule has 4 aromatic rings. The first-order chi connectivity index (χ1) is 14.8. The van der Waals surface area contributed by atoms with E-state index in [1.54, 1.807) is 33.0 Å². The zero-order chi connectivity index (χ0) is 22.1. The van der Waals surface area contributed by atoms with Crippen LogP contribution in [0.3, 0.4) is 0 Å². The van der Waals surface area contributed by atoms with Crippen LogP contribution in [0, 0.1) is 20.8 Å². The molecule has 8 nitrogen and oxygen atoms in total. The Hall–Kier alpha value is -3.59.